The third-order valence-electron chi connectivity index (χ3n) is 4.31. The Morgan fingerprint density at radius 2 is 2.20 bits per heavy atom. The highest BCUT2D eigenvalue weighted by atomic mass is 79.9. The lowest BCUT2D eigenvalue weighted by Crippen LogP contribution is -2.34. The molecule has 0 spiro atoms. The first-order valence-electron chi connectivity index (χ1n) is 7.53. The van der Waals surface area contributed by atoms with Crippen molar-refractivity contribution in [2.45, 2.75) is 38.6 Å². The van der Waals surface area contributed by atoms with E-state index < -0.39 is 0 Å². The van der Waals surface area contributed by atoms with Crippen LogP contribution in [0.1, 0.15) is 44.2 Å². The molecule has 1 aliphatic carbocycles. The quantitative estimate of drug-likeness (QED) is 0.770. The van der Waals surface area contributed by atoms with E-state index in [9.17, 15) is 0 Å². The van der Waals surface area contributed by atoms with Crippen molar-refractivity contribution >= 4 is 27.5 Å². The number of nitrogens with zero attached hydrogens (tertiary/aromatic N) is 1. The van der Waals surface area contributed by atoms with Gasteiger partial charge in [0.25, 0.3) is 0 Å². The number of hydrogen-bond donors (Lipinski definition) is 1. The van der Waals surface area contributed by atoms with Gasteiger partial charge in [-0.3, -0.25) is 0 Å². The molecule has 0 aromatic heterocycles. The summed E-state index contributed by atoms with van der Waals surface area (Å²) in [6.07, 6.45) is 5.18. The van der Waals surface area contributed by atoms with Crippen molar-refractivity contribution < 1.29 is 0 Å². The normalized spacial score (nSPS) is 17.2. The predicted molar refractivity (Wildman–Crippen MR) is 90.2 cm³/mol. The highest BCUT2D eigenvalue weighted by molar-refractivity contribution is 9.10. The van der Waals surface area contributed by atoms with Gasteiger partial charge >= 0.3 is 0 Å². The molecule has 2 rings (SSSR count). The third kappa shape index (κ3) is 4.45. The van der Waals surface area contributed by atoms with Gasteiger partial charge in [-0.05, 0) is 56.0 Å². The van der Waals surface area contributed by atoms with Gasteiger partial charge in [0.1, 0.15) is 0 Å². The van der Waals surface area contributed by atoms with E-state index in [0.717, 1.165) is 40.5 Å². The monoisotopic (exact) mass is 358 g/mol. The Balaban J connectivity index is 1.84. The maximum absolute atomic E-state index is 6.30. The topological polar surface area (TPSA) is 29.3 Å². The van der Waals surface area contributed by atoms with Crippen LogP contribution < -0.4 is 5.73 Å². The van der Waals surface area contributed by atoms with Crippen molar-refractivity contribution in [3.05, 3.63) is 33.3 Å². The van der Waals surface area contributed by atoms with Crippen molar-refractivity contribution in [1.82, 2.24) is 4.90 Å². The zero-order valence-corrected chi connectivity index (χ0v) is 14.5. The Hall–Kier alpha value is -0.0900. The molecular formula is C16H24BrClN2. The van der Waals surface area contributed by atoms with E-state index in [1.807, 2.05) is 18.2 Å². The molecule has 0 bridgehead atoms. The molecule has 1 fully saturated rings. The van der Waals surface area contributed by atoms with Crippen molar-refractivity contribution in [1.29, 1.82) is 0 Å². The van der Waals surface area contributed by atoms with Crippen molar-refractivity contribution in [2.24, 2.45) is 11.7 Å². The van der Waals surface area contributed by atoms with E-state index in [-0.39, 0.29) is 6.04 Å². The van der Waals surface area contributed by atoms with E-state index in [4.69, 9.17) is 17.3 Å². The fourth-order valence-corrected chi connectivity index (χ4v) is 3.51. The van der Waals surface area contributed by atoms with E-state index in [2.05, 4.69) is 27.8 Å². The van der Waals surface area contributed by atoms with Crippen LogP contribution in [0.3, 0.4) is 0 Å². The second-order valence-electron chi connectivity index (χ2n) is 5.75. The second-order valence-corrected chi connectivity index (χ2v) is 7.07. The summed E-state index contributed by atoms with van der Waals surface area (Å²) in [5, 5.41) is 0.758. The van der Waals surface area contributed by atoms with E-state index >= 15 is 0 Å². The van der Waals surface area contributed by atoms with Crippen LogP contribution in [0.5, 0.6) is 0 Å². The molecule has 112 valence electrons. The Morgan fingerprint density at radius 1 is 1.45 bits per heavy atom. The highest BCUT2D eigenvalue weighted by Gasteiger charge is 2.20. The number of nitrogens with two attached hydrogens (primary N) is 1. The highest BCUT2D eigenvalue weighted by Crippen LogP contribution is 2.29. The van der Waals surface area contributed by atoms with Gasteiger partial charge in [0.2, 0.25) is 0 Å². The summed E-state index contributed by atoms with van der Waals surface area (Å²) in [6.45, 7) is 5.63. The smallest absolute Gasteiger partial charge is 0.0464 e. The molecule has 2 nitrogen and oxygen atoms in total. The third-order valence-corrected chi connectivity index (χ3v) is 5.13. The van der Waals surface area contributed by atoms with Gasteiger partial charge in [0, 0.05) is 22.1 Å². The summed E-state index contributed by atoms with van der Waals surface area (Å²) in [6, 6.07) is 5.97. The van der Waals surface area contributed by atoms with Gasteiger partial charge in [0.05, 0.1) is 0 Å². The van der Waals surface area contributed by atoms with Crippen LogP contribution in [-0.4, -0.2) is 24.5 Å². The van der Waals surface area contributed by atoms with Gasteiger partial charge < -0.3 is 10.6 Å². The predicted octanol–water partition coefficient (Wildman–Crippen LogP) is 4.61. The zero-order chi connectivity index (χ0) is 14.5. The van der Waals surface area contributed by atoms with Crippen LogP contribution in [0.25, 0.3) is 0 Å². The van der Waals surface area contributed by atoms with Crippen molar-refractivity contribution in [3.8, 4) is 0 Å². The lowest BCUT2D eigenvalue weighted by atomic mass is 9.85. The molecule has 0 heterocycles. The van der Waals surface area contributed by atoms with E-state index in [1.54, 1.807) is 0 Å². The molecule has 0 amide bonds. The minimum atomic E-state index is 0.0195. The van der Waals surface area contributed by atoms with Crippen LogP contribution in [0, 0.1) is 5.92 Å². The summed E-state index contributed by atoms with van der Waals surface area (Å²) >= 11 is 9.69. The minimum Gasteiger partial charge on any atom is -0.324 e. The van der Waals surface area contributed by atoms with Crippen LogP contribution in [0.4, 0.5) is 0 Å². The molecule has 2 N–H and O–H groups in total. The largest absolute Gasteiger partial charge is 0.324 e. The number of hydrogen-bond acceptors (Lipinski definition) is 2. The number of rotatable bonds is 7. The molecule has 0 saturated heterocycles. The maximum atomic E-state index is 6.30. The van der Waals surface area contributed by atoms with Gasteiger partial charge in [0.15, 0.2) is 0 Å². The number of benzene rings is 1. The zero-order valence-electron chi connectivity index (χ0n) is 12.1. The Bertz CT molecular complexity index is 434. The molecule has 1 aliphatic rings. The Labute approximate surface area is 135 Å². The lowest BCUT2D eigenvalue weighted by molar-refractivity contribution is 0.180. The minimum absolute atomic E-state index is 0.0195. The standard InChI is InChI=1S/C16H24BrClN2/c1-2-20(11-12-4-3-5-12)9-8-16(19)14-7-6-13(17)10-15(14)18/h6-7,10,12,16H,2-5,8-9,11,19H2,1H3. The fraction of sp³-hybridized carbons (Fsp3) is 0.625. The molecule has 1 aromatic carbocycles. The molecular weight excluding hydrogens is 336 g/mol. The molecule has 1 saturated carbocycles. The Morgan fingerprint density at radius 3 is 2.75 bits per heavy atom. The summed E-state index contributed by atoms with van der Waals surface area (Å²) in [5.74, 6) is 0.919. The van der Waals surface area contributed by atoms with Crippen molar-refractivity contribution in [3.63, 3.8) is 0 Å². The first-order chi connectivity index (χ1) is 9.60. The van der Waals surface area contributed by atoms with Gasteiger partial charge in [-0.25, -0.2) is 0 Å². The lowest BCUT2D eigenvalue weighted by Gasteiger charge is -2.32. The van der Waals surface area contributed by atoms with Crippen LogP contribution in [0.2, 0.25) is 5.02 Å². The first kappa shape index (κ1) is 16.3. The summed E-state index contributed by atoms with van der Waals surface area (Å²) < 4.78 is 0.999. The fourth-order valence-electron chi connectivity index (χ4n) is 2.70. The Kier molecular flexibility index (Phi) is 6.34. The average Bonchev–Trinajstić information content (AvgIpc) is 2.36. The SMILES string of the molecule is CCN(CCC(N)c1ccc(Br)cc1Cl)CC1CCC1. The number of halogens is 2. The maximum Gasteiger partial charge on any atom is 0.0464 e. The van der Waals surface area contributed by atoms with Gasteiger partial charge in [-0.2, -0.15) is 0 Å². The van der Waals surface area contributed by atoms with Crippen molar-refractivity contribution in [2.75, 3.05) is 19.6 Å². The summed E-state index contributed by atoms with van der Waals surface area (Å²) in [4.78, 5) is 2.52. The molecule has 1 atom stereocenters. The second kappa shape index (κ2) is 7.79. The molecule has 1 unspecified atom stereocenters. The van der Waals surface area contributed by atoms with E-state index in [0.29, 0.717) is 0 Å². The van der Waals surface area contributed by atoms with Gasteiger partial charge in [-0.15, -0.1) is 0 Å². The van der Waals surface area contributed by atoms with Crippen LogP contribution in [-0.2, 0) is 0 Å². The molecule has 20 heavy (non-hydrogen) atoms. The average molecular weight is 360 g/mol. The van der Waals surface area contributed by atoms with E-state index in [1.165, 1.54) is 25.8 Å². The van der Waals surface area contributed by atoms with Crippen LogP contribution >= 0.6 is 27.5 Å². The molecule has 0 radical (unpaired) electrons. The molecule has 1 aromatic rings. The first-order valence-corrected chi connectivity index (χ1v) is 8.70. The summed E-state index contributed by atoms with van der Waals surface area (Å²) in [7, 11) is 0. The summed E-state index contributed by atoms with van der Waals surface area (Å²) in [5.41, 5.74) is 7.35. The molecule has 4 heteroatoms. The van der Waals surface area contributed by atoms with Gasteiger partial charge in [-0.1, -0.05) is 46.9 Å². The van der Waals surface area contributed by atoms with Crippen LogP contribution in [0.15, 0.2) is 22.7 Å². The molecule has 0 aliphatic heterocycles.